The van der Waals surface area contributed by atoms with Gasteiger partial charge in [0, 0.05) is 30.9 Å². The van der Waals surface area contributed by atoms with Crippen molar-refractivity contribution in [2.75, 3.05) is 6.54 Å². The number of aliphatic carboxylic acids is 1. The van der Waals surface area contributed by atoms with Crippen molar-refractivity contribution in [1.82, 2.24) is 20.6 Å². The molecule has 0 spiro atoms. The fraction of sp³-hybridized carbons (Fsp3) is 0.583. The van der Waals surface area contributed by atoms with E-state index in [0.717, 1.165) is 5.69 Å². The third kappa shape index (κ3) is 5.89. The summed E-state index contributed by atoms with van der Waals surface area (Å²) in [4.78, 5) is 29.1. The Morgan fingerprint density at radius 3 is 2.74 bits per heavy atom. The van der Waals surface area contributed by atoms with Gasteiger partial charge in [0.1, 0.15) is 0 Å². The third-order valence-electron chi connectivity index (χ3n) is 2.75. The van der Waals surface area contributed by atoms with Crippen LogP contribution in [0.3, 0.4) is 0 Å². The molecule has 1 heterocycles. The number of aromatic nitrogens is 2. The summed E-state index contributed by atoms with van der Waals surface area (Å²) < 4.78 is 0. The van der Waals surface area contributed by atoms with Gasteiger partial charge in [0.2, 0.25) is 0 Å². The Morgan fingerprint density at radius 2 is 2.21 bits per heavy atom. The zero-order valence-electron chi connectivity index (χ0n) is 11.1. The number of rotatable bonds is 7. The largest absolute Gasteiger partial charge is 0.481 e. The quantitative estimate of drug-likeness (QED) is 0.585. The zero-order valence-corrected chi connectivity index (χ0v) is 11.1. The number of hydrogen-bond donors (Lipinski definition) is 4. The number of aromatic amines is 1. The Hall–Kier alpha value is -2.05. The van der Waals surface area contributed by atoms with E-state index in [2.05, 4.69) is 20.6 Å². The van der Waals surface area contributed by atoms with Crippen molar-refractivity contribution in [2.45, 2.75) is 32.7 Å². The molecule has 19 heavy (non-hydrogen) atoms. The van der Waals surface area contributed by atoms with Crippen LogP contribution in [-0.4, -0.2) is 39.7 Å². The molecule has 7 heteroatoms. The topological polar surface area (TPSA) is 107 Å². The lowest BCUT2D eigenvalue weighted by Gasteiger charge is -2.20. The molecule has 1 aromatic heterocycles. The van der Waals surface area contributed by atoms with Gasteiger partial charge in [-0.05, 0) is 5.92 Å². The predicted octanol–water partition coefficient (Wildman–Crippen LogP) is 0.751. The number of carboxylic acid groups (broad SMARTS) is 1. The van der Waals surface area contributed by atoms with Gasteiger partial charge in [-0.15, -0.1) is 0 Å². The molecule has 0 aliphatic rings. The molecule has 0 bridgehead atoms. The van der Waals surface area contributed by atoms with E-state index >= 15 is 0 Å². The van der Waals surface area contributed by atoms with Crippen molar-refractivity contribution in [2.24, 2.45) is 5.92 Å². The van der Waals surface area contributed by atoms with Crippen LogP contribution >= 0.6 is 0 Å². The Morgan fingerprint density at radius 1 is 1.47 bits per heavy atom. The summed E-state index contributed by atoms with van der Waals surface area (Å²) in [6, 6.07) is -0.718. The number of carbonyl (C=O) groups excluding carboxylic acids is 1. The lowest BCUT2D eigenvalue weighted by molar-refractivity contribution is -0.137. The molecular weight excluding hydrogens is 248 g/mol. The maximum atomic E-state index is 11.6. The smallest absolute Gasteiger partial charge is 0.315 e. The van der Waals surface area contributed by atoms with E-state index in [0.29, 0.717) is 13.0 Å². The molecule has 0 saturated heterocycles. The van der Waals surface area contributed by atoms with Crippen molar-refractivity contribution in [3.8, 4) is 0 Å². The van der Waals surface area contributed by atoms with Gasteiger partial charge in [-0.2, -0.15) is 0 Å². The molecule has 7 nitrogen and oxygen atoms in total. The average molecular weight is 268 g/mol. The van der Waals surface area contributed by atoms with Crippen molar-refractivity contribution in [3.05, 3.63) is 18.2 Å². The maximum Gasteiger partial charge on any atom is 0.315 e. The van der Waals surface area contributed by atoms with Crippen LogP contribution in [0.4, 0.5) is 4.79 Å². The number of H-pyrrole nitrogens is 1. The molecular formula is C12H20N4O3. The first-order chi connectivity index (χ1) is 8.99. The van der Waals surface area contributed by atoms with E-state index in [1.54, 1.807) is 12.5 Å². The lowest BCUT2D eigenvalue weighted by atomic mass is 10.0. The number of carbonyl (C=O) groups is 2. The average Bonchev–Trinajstić information content (AvgIpc) is 2.80. The number of urea groups is 1. The Kier molecular flexibility index (Phi) is 5.84. The highest BCUT2D eigenvalue weighted by Crippen LogP contribution is 2.05. The van der Waals surface area contributed by atoms with E-state index in [9.17, 15) is 9.59 Å². The number of carboxylic acids is 1. The molecule has 0 aliphatic carbocycles. The second-order valence-corrected chi connectivity index (χ2v) is 4.68. The molecule has 1 unspecified atom stereocenters. The van der Waals surface area contributed by atoms with E-state index in [1.807, 2.05) is 13.8 Å². The van der Waals surface area contributed by atoms with Gasteiger partial charge in [0.15, 0.2) is 0 Å². The van der Waals surface area contributed by atoms with Crippen LogP contribution in [0.5, 0.6) is 0 Å². The molecule has 0 aliphatic heterocycles. The molecule has 106 valence electrons. The summed E-state index contributed by atoms with van der Waals surface area (Å²) in [6.07, 6.45) is 3.85. The van der Waals surface area contributed by atoms with Gasteiger partial charge in [-0.3, -0.25) is 4.79 Å². The monoisotopic (exact) mass is 268 g/mol. The van der Waals surface area contributed by atoms with E-state index in [1.165, 1.54) is 0 Å². The maximum absolute atomic E-state index is 11.6. The Balaban J connectivity index is 2.29. The molecule has 0 radical (unpaired) electrons. The zero-order chi connectivity index (χ0) is 14.3. The lowest BCUT2D eigenvalue weighted by Crippen LogP contribution is -2.45. The standard InChI is InChI=1S/C12H20N4O3/c1-8(2)10(5-11(17)18)16-12(19)14-4-3-9-6-13-7-15-9/h6-8,10H,3-5H2,1-2H3,(H,13,15)(H,17,18)(H2,14,16,19). The van der Waals surface area contributed by atoms with Crippen LogP contribution < -0.4 is 10.6 Å². The second-order valence-electron chi connectivity index (χ2n) is 4.68. The number of imidazole rings is 1. The van der Waals surface area contributed by atoms with E-state index < -0.39 is 5.97 Å². The van der Waals surface area contributed by atoms with Crippen molar-refractivity contribution in [3.63, 3.8) is 0 Å². The normalized spacial score (nSPS) is 12.2. The van der Waals surface area contributed by atoms with Gasteiger partial charge in [0.05, 0.1) is 12.7 Å². The highest BCUT2D eigenvalue weighted by Gasteiger charge is 2.18. The summed E-state index contributed by atoms with van der Waals surface area (Å²) in [7, 11) is 0. The third-order valence-corrected chi connectivity index (χ3v) is 2.75. The minimum atomic E-state index is -0.920. The number of amides is 2. The summed E-state index contributed by atoms with van der Waals surface area (Å²) in [6.45, 7) is 4.21. The fourth-order valence-electron chi connectivity index (χ4n) is 1.59. The van der Waals surface area contributed by atoms with Crippen LogP contribution in [-0.2, 0) is 11.2 Å². The molecule has 1 aromatic rings. The van der Waals surface area contributed by atoms with Crippen LogP contribution in [0.15, 0.2) is 12.5 Å². The van der Waals surface area contributed by atoms with Crippen LogP contribution in [0.25, 0.3) is 0 Å². The first-order valence-corrected chi connectivity index (χ1v) is 6.22. The molecule has 1 atom stereocenters. The number of nitrogens with one attached hydrogen (secondary N) is 3. The fourth-order valence-corrected chi connectivity index (χ4v) is 1.59. The number of nitrogens with zero attached hydrogens (tertiary/aromatic N) is 1. The Labute approximate surface area is 111 Å². The highest BCUT2D eigenvalue weighted by atomic mass is 16.4. The van der Waals surface area contributed by atoms with E-state index in [4.69, 9.17) is 5.11 Å². The van der Waals surface area contributed by atoms with Crippen LogP contribution in [0.2, 0.25) is 0 Å². The molecule has 2 amide bonds. The minimum Gasteiger partial charge on any atom is -0.481 e. The van der Waals surface area contributed by atoms with Gasteiger partial charge >= 0.3 is 12.0 Å². The van der Waals surface area contributed by atoms with Crippen LogP contribution in [0.1, 0.15) is 26.0 Å². The van der Waals surface area contributed by atoms with Gasteiger partial charge in [-0.25, -0.2) is 9.78 Å². The van der Waals surface area contributed by atoms with Gasteiger partial charge in [-0.1, -0.05) is 13.8 Å². The molecule has 0 aromatic carbocycles. The summed E-state index contributed by atoms with van der Waals surface area (Å²) in [5.74, 6) is -0.856. The SMILES string of the molecule is CC(C)C(CC(=O)O)NC(=O)NCCc1cnc[nH]1. The summed E-state index contributed by atoms with van der Waals surface area (Å²) in [5, 5.41) is 14.1. The van der Waals surface area contributed by atoms with Gasteiger partial charge < -0.3 is 20.7 Å². The molecule has 4 N–H and O–H groups in total. The van der Waals surface area contributed by atoms with Crippen molar-refractivity contribution in [1.29, 1.82) is 0 Å². The molecule has 0 saturated carbocycles. The van der Waals surface area contributed by atoms with Gasteiger partial charge in [0.25, 0.3) is 0 Å². The highest BCUT2D eigenvalue weighted by molar-refractivity contribution is 5.75. The number of hydrogen-bond acceptors (Lipinski definition) is 3. The van der Waals surface area contributed by atoms with Crippen molar-refractivity contribution >= 4 is 12.0 Å². The molecule has 0 fully saturated rings. The van der Waals surface area contributed by atoms with Crippen molar-refractivity contribution < 1.29 is 14.7 Å². The Bertz CT molecular complexity index is 403. The minimum absolute atomic E-state index is 0.0643. The summed E-state index contributed by atoms with van der Waals surface area (Å²) in [5.41, 5.74) is 0.936. The molecule has 1 rings (SSSR count). The summed E-state index contributed by atoms with van der Waals surface area (Å²) >= 11 is 0. The first-order valence-electron chi connectivity index (χ1n) is 6.22. The predicted molar refractivity (Wildman–Crippen MR) is 69.7 cm³/mol. The van der Waals surface area contributed by atoms with E-state index in [-0.39, 0.29) is 24.4 Å². The first kappa shape index (κ1) is 15.0. The second kappa shape index (κ2) is 7.40. The van der Waals surface area contributed by atoms with Crippen LogP contribution in [0, 0.1) is 5.92 Å².